The van der Waals surface area contributed by atoms with Gasteiger partial charge in [0.15, 0.2) is 0 Å². The molecule has 2 rings (SSSR count). The van der Waals surface area contributed by atoms with E-state index in [0.29, 0.717) is 0 Å². The summed E-state index contributed by atoms with van der Waals surface area (Å²) in [6, 6.07) is 7.84. The van der Waals surface area contributed by atoms with Crippen LogP contribution >= 0.6 is 0 Å². The third kappa shape index (κ3) is 1.57. The highest BCUT2D eigenvalue weighted by Crippen LogP contribution is 1.92. The fraction of sp³-hybridized carbons (Fsp3) is 0.0909. The van der Waals surface area contributed by atoms with Gasteiger partial charge in [-0.15, -0.1) is 0 Å². The predicted octanol–water partition coefficient (Wildman–Crippen LogP) is 0.0530. The Morgan fingerprint density at radius 1 is 1.29 bits per heavy atom. The van der Waals surface area contributed by atoms with Crippen molar-refractivity contribution < 1.29 is 4.79 Å². The van der Waals surface area contributed by atoms with E-state index in [4.69, 9.17) is 0 Å². The van der Waals surface area contributed by atoms with Gasteiger partial charge in [0.2, 0.25) is 5.91 Å². The second-order valence-corrected chi connectivity index (χ2v) is 3.05. The molecular weight excluding hydrogens is 176 g/mol. The summed E-state index contributed by atoms with van der Waals surface area (Å²) in [5, 5.41) is 7.39. The molecule has 1 aromatic carbocycles. The van der Waals surface area contributed by atoms with E-state index in [2.05, 4.69) is 5.10 Å². The molecule has 0 radical (unpaired) electrons. The zero-order valence-electron chi connectivity index (χ0n) is 7.84. The molecule has 0 bridgehead atoms. The summed E-state index contributed by atoms with van der Waals surface area (Å²) in [5.41, 5.74) is 0. The second kappa shape index (κ2) is 3.46. The van der Waals surface area contributed by atoms with Crippen LogP contribution in [0.25, 0.3) is 12.3 Å². The molecule has 3 heteroatoms. The number of benzene rings is 1. The van der Waals surface area contributed by atoms with E-state index in [1.165, 1.54) is 11.9 Å². The summed E-state index contributed by atoms with van der Waals surface area (Å²) in [4.78, 5) is 11.1. The van der Waals surface area contributed by atoms with Gasteiger partial charge in [-0.25, -0.2) is 5.01 Å². The summed E-state index contributed by atoms with van der Waals surface area (Å²) in [6.45, 7) is 1.49. The van der Waals surface area contributed by atoms with Crippen molar-refractivity contribution in [1.82, 2.24) is 5.01 Å². The van der Waals surface area contributed by atoms with Gasteiger partial charge in [0.05, 0.1) is 0 Å². The van der Waals surface area contributed by atoms with Crippen LogP contribution < -0.4 is 10.4 Å². The lowest BCUT2D eigenvalue weighted by molar-refractivity contribution is -0.125. The second-order valence-electron chi connectivity index (χ2n) is 3.05. The predicted molar refractivity (Wildman–Crippen MR) is 55.6 cm³/mol. The van der Waals surface area contributed by atoms with Crippen LogP contribution in [0, 0.1) is 0 Å². The van der Waals surface area contributed by atoms with Crippen molar-refractivity contribution in [3.63, 3.8) is 0 Å². The highest BCUT2D eigenvalue weighted by atomic mass is 16.2. The topological polar surface area (TPSA) is 32.7 Å². The molecular formula is C11H10N2O. The SMILES string of the molecule is CC(=O)N1C=c2ccccc2=CC=N1. The average Bonchev–Trinajstić information content (AvgIpc) is 2.39. The maximum atomic E-state index is 11.1. The number of rotatable bonds is 0. The highest BCUT2D eigenvalue weighted by molar-refractivity contribution is 5.92. The number of hydrogen-bond donors (Lipinski definition) is 0. The Morgan fingerprint density at radius 3 is 2.71 bits per heavy atom. The number of carbonyl (C=O) groups excluding carboxylic acids is 1. The van der Waals surface area contributed by atoms with Crippen LogP contribution in [0.4, 0.5) is 0 Å². The van der Waals surface area contributed by atoms with E-state index in [1.807, 2.05) is 30.3 Å². The van der Waals surface area contributed by atoms with Crippen molar-refractivity contribution in [2.75, 3.05) is 0 Å². The quantitative estimate of drug-likeness (QED) is 0.563. The van der Waals surface area contributed by atoms with Crippen molar-refractivity contribution in [2.24, 2.45) is 5.10 Å². The highest BCUT2D eigenvalue weighted by Gasteiger charge is 2.02. The molecule has 14 heavy (non-hydrogen) atoms. The molecule has 0 N–H and O–H groups in total. The minimum absolute atomic E-state index is 0.0913. The van der Waals surface area contributed by atoms with Gasteiger partial charge in [0, 0.05) is 24.6 Å². The molecule has 0 aliphatic carbocycles. The van der Waals surface area contributed by atoms with Gasteiger partial charge in [-0.2, -0.15) is 5.10 Å². The molecule has 0 aromatic heterocycles. The Morgan fingerprint density at radius 2 is 2.00 bits per heavy atom. The van der Waals surface area contributed by atoms with Crippen molar-refractivity contribution in [1.29, 1.82) is 0 Å². The van der Waals surface area contributed by atoms with Crippen molar-refractivity contribution in [2.45, 2.75) is 6.92 Å². The van der Waals surface area contributed by atoms with Gasteiger partial charge in [-0.05, 0) is 11.3 Å². The zero-order chi connectivity index (χ0) is 9.97. The fourth-order valence-corrected chi connectivity index (χ4v) is 1.30. The molecule has 0 saturated heterocycles. The Bertz CT molecular complexity index is 502. The van der Waals surface area contributed by atoms with Gasteiger partial charge < -0.3 is 0 Å². The molecule has 1 heterocycles. The molecule has 1 aliphatic rings. The molecule has 1 aliphatic heterocycles. The number of nitrogens with zero attached hydrogens (tertiary/aromatic N) is 2. The first-order valence-corrected chi connectivity index (χ1v) is 4.38. The monoisotopic (exact) mass is 186 g/mol. The Kier molecular flexibility index (Phi) is 2.14. The van der Waals surface area contributed by atoms with Gasteiger partial charge in [-0.1, -0.05) is 24.3 Å². The van der Waals surface area contributed by atoms with Crippen molar-refractivity contribution >= 4 is 24.4 Å². The number of fused-ring (bicyclic) bond motifs is 1. The van der Waals surface area contributed by atoms with Gasteiger partial charge >= 0.3 is 0 Å². The molecule has 3 nitrogen and oxygen atoms in total. The zero-order valence-corrected chi connectivity index (χ0v) is 7.84. The molecule has 1 amide bonds. The third-order valence-corrected chi connectivity index (χ3v) is 2.03. The first-order chi connectivity index (χ1) is 6.77. The summed E-state index contributed by atoms with van der Waals surface area (Å²) < 4.78 is 0. The number of carbonyl (C=O) groups is 1. The van der Waals surface area contributed by atoms with E-state index in [-0.39, 0.29) is 5.91 Å². The van der Waals surface area contributed by atoms with E-state index in [0.717, 1.165) is 10.4 Å². The van der Waals surface area contributed by atoms with E-state index in [1.54, 1.807) is 12.4 Å². The molecule has 70 valence electrons. The molecule has 0 saturated carbocycles. The molecule has 0 spiro atoms. The molecule has 0 unspecified atom stereocenters. The molecule has 1 aromatic rings. The fourth-order valence-electron chi connectivity index (χ4n) is 1.30. The lowest BCUT2D eigenvalue weighted by Crippen LogP contribution is -2.27. The number of hydrazone groups is 1. The van der Waals surface area contributed by atoms with Crippen LogP contribution in [0.15, 0.2) is 29.4 Å². The van der Waals surface area contributed by atoms with Gasteiger partial charge in [-0.3, -0.25) is 4.79 Å². The average molecular weight is 186 g/mol. The van der Waals surface area contributed by atoms with Gasteiger partial charge in [0.25, 0.3) is 0 Å². The molecule has 0 fully saturated rings. The summed E-state index contributed by atoms with van der Waals surface area (Å²) >= 11 is 0. The summed E-state index contributed by atoms with van der Waals surface area (Å²) in [6.07, 6.45) is 5.25. The van der Waals surface area contributed by atoms with Crippen molar-refractivity contribution in [3.8, 4) is 0 Å². The van der Waals surface area contributed by atoms with Crippen LogP contribution in [0.1, 0.15) is 6.92 Å². The smallest absolute Gasteiger partial charge is 0.243 e. The lowest BCUT2D eigenvalue weighted by atomic mass is 10.2. The Labute approximate surface area is 81.7 Å². The van der Waals surface area contributed by atoms with Crippen molar-refractivity contribution in [3.05, 3.63) is 34.7 Å². The Balaban J connectivity index is 2.63. The van der Waals surface area contributed by atoms with E-state index in [9.17, 15) is 4.79 Å². The molecule has 0 atom stereocenters. The van der Waals surface area contributed by atoms with Crippen LogP contribution in [0.2, 0.25) is 0 Å². The third-order valence-electron chi connectivity index (χ3n) is 2.03. The number of amides is 1. The van der Waals surface area contributed by atoms with E-state index < -0.39 is 0 Å². The summed E-state index contributed by atoms with van der Waals surface area (Å²) in [7, 11) is 0. The first kappa shape index (κ1) is 8.69. The normalized spacial score (nSPS) is 13.6. The minimum Gasteiger partial charge on any atom is -0.273 e. The van der Waals surface area contributed by atoms with Gasteiger partial charge in [0.1, 0.15) is 0 Å². The number of hydrogen-bond acceptors (Lipinski definition) is 2. The van der Waals surface area contributed by atoms with E-state index >= 15 is 0 Å². The standard InChI is InChI=1S/C11H10N2O/c1-9(14)13-8-11-5-3-2-4-10(11)6-7-12-13/h2-8H,1H3. The maximum absolute atomic E-state index is 11.1. The minimum atomic E-state index is -0.0913. The van der Waals surface area contributed by atoms with Crippen LogP contribution in [0.5, 0.6) is 0 Å². The first-order valence-electron chi connectivity index (χ1n) is 4.38. The Hall–Kier alpha value is -1.90. The van der Waals surface area contributed by atoms with Crippen LogP contribution in [-0.4, -0.2) is 17.1 Å². The lowest BCUT2D eigenvalue weighted by Gasteiger charge is -2.06. The maximum Gasteiger partial charge on any atom is 0.243 e. The largest absolute Gasteiger partial charge is 0.273 e. The van der Waals surface area contributed by atoms with Crippen LogP contribution in [-0.2, 0) is 4.79 Å². The van der Waals surface area contributed by atoms with Crippen LogP contribution in [0.3, 0.4) is 0 Å². The summed E-state index contributed by atoms with van der Waals surface area (Å²) in [5.74, 6) is -0.0913.